The van der Waals surface area contributed by atoms with E-state index < -0.39 is 0 Å². The van der Waals surface area contributed by atoms with Crippen LogP contribution in [0, 0.1) is 0 Å². The summed E-state index contributed by atoms with van der Waals surface area (Å²) in [6, 6.07) is 62.8. The van der Waals surface area contributed by atoms with Crippen LogP contribution in [0.5, 0.6) is 0 Å². The summed E-state index contributed by atoms with van der Waals surface area (Å²) in [5, 5.41) is 3.45. The van der Waals surface area contributed by atoms with Crippen molar-refractivity contribution in [3.63, 3.8) is 0 Å². The number of rotatable bonds is 6. The number of para-hydroxylation sites is 1. The van der Waals surface area contributed by atoms with Crippen molar-refractivity contribution in [2.24, 2.45) is 0 Å². The van der Waals surface area contributed by atoms with Crippen molar-refractivity contribution in [2.45, 2.75) is 0 Å². The maximum Gasteiger partial charge on any atom is 0.164 e. The van der Waals surface area contributed by atoms with Gasteiger partial charge >= 0.3 is 0 Å². The Bertz CT molecular complexity index is 2620. The van der Waals surface area contributed by atoms with Gasteiger partial charge in [0.2, 0.25) is 0 Å². The minimum atomic E-state index is 0.629. The van der Waals surface area contributed by atoms with Gasteiger partial charge in [-0.25, -0.2) is 19.9 Å². The number of aromatic nitrogens is 4. The summed E-state index contributed by atoms with van der Waals surface area (Å²) < 4.78 is 0. The molecule has 2 heterocycles. The van der Waals surface area contributed by atoms with Gasteiger partial charge in [0.05, 0.1) is 11.2 Å². The molecule has 0 saturated carbocycles. The van der Waals surface area contributed by atoms with E-state index in [9.17, 15) is 0 Å². The fraction of sp³-hybridized carbons (Fsp3) is 0. The highest BCUT2D eigenvalue weighted by Crippen LogP contribution is 2.39. The first-order valence-electron chi connectivity index (χ1n) is 16.7. The standard InChI is InChI=1S/C46H30N4/c1-4-14-31(15-5-1)36-20-12-21-37(30-36)46-49-44(34-18-8-3-9-19-34)48-45(50-46)35-28-26-32(27-29-35)38-23-13-24-40-42(38)39-22-10-11-25-41(39)47-43(40)33-16-6-2-7-17-33/h1-30H. The van der Waals surface area contributed by atoms with Crippen molar-refractivity contribution in [3.05, 3.63) is 182 Å². The zero-order valence-electron chi connectivity index (χ0n) is 27.1. The molecule has 9 aromatic rings. The van der Waals surface area contributed by atoms with E-state index in [1.165, 1.54) is 5.39 Å². The molecule has 4 nitrogen and oxygen atoms in total. The lowest BCUT2D eigenvalue weighted by Gasteiger charge is -2.14. The number of pyridine rings is 1. The van der Waals surface area contributed by atoms with E-state index in [4.69, 9.17) is 19.9 Å². The van der Waals surface area contributed by atoms with Crippen LogP contribution in [0.25, 0.3) is 89.4 Å². The van der Waals surface area contributed by atoms with E-state index in [1.54, 1.807) is 0 Å². The van der Waals surface area contributed by atoms with Crippen LogP contribution in [0.1, 0.15) is 0 Å². The van der Waals surface area contributed by atoms with Crippen LogP contribution in [0.3, 0.4) is 0 Å². The molecule has 50 heavy (non-hydrogen) atoms. The van der Waals surface area contributed by atoms with Crippen molar-refractivity contribution < 1.29 is 0 Å². The minimum Gasteiger partial charge on any atom is -0.247 e. The van der Waals surface area contributed by atoms with Gasteiger partial charge in [0.1, 0.15) is 0 Å². The molecule has 0 fully saturated rings. The Hall–Kier alpha value is -6.78. The molecule has 0 spiro atoms. The van der Waals surface area contributed by atoms with Crippen LogP contribution >= 0.6 is 0 Å². The van der Waals surface area contributed by atoms with Gasteiger partial charge in [0.15, 0.2) is 17.5 Å². The first kappa shape index (κ1) is 29.4. The summed E-state index contributed by atoms with van der Waals surface area (Å²) in [7, 11) is 0. The highest BCUT2D eigenvalue weighted by Gasteiger charge is 2.16. The smallest absolute Gasteiger partial charge is 0.164 e. The summed E-state index contributed by atoms with van der Waals surface area (Å²) in [6.07, 6.45) is 0. The van der Waals surface area contributed by atoms with E-state index in [0.717, 1.165) is 66.5 Å². The summed E-state index contributed by atoms with van der Waals surface area (Å²) in [5.74, 6) is 1.91. The number of benzene rings is 7. The van der Waals surface area contributed by atoms with Gasteiger partial charge in [-0.2, -0.15) is 0 Å². The Balaban J connectivity index is 1.17. The van der Waals surface area contributed by atoms with E-state index in [0.29, 0.717) is 17.5 Å². The van der Waals surface area contributed by atoms with Crippen molar-refractivity contribution in [2.75, 3.05) is 0 Å². The van der Waals surface area contributed by atoms with Crippen LogP contribution in [0.4, 0.5) is 0 Å². The Morgan fingerprint density at radius 3 is 1.46 bits per heavy atom. The lowest BCUT2D eigenvalue weighted by molar-refractivity contribution is 1.07. The zero-order chi connectivity index (χ0) is 33.3. The molecule has 4 heteroatoms. The number of nitrogens with zero attached hydrogens (tertiary/aromatic N) is 4. The van der Waals surface area contributed by atoms with Crippen molar-refractivity contribution >= 4 is 21.7 Å². The molecule has 0 aliphatic heterocycles. The molecule has 7 aromatic carbocycles. The molecular formula is C46H30N4. The number of hydrogen-bond acceptors (Lipinski definition) is 4. The lowest BCUT2D eigenvalue weighted by Crippen LogP contribution is -2.00. The number of hydrogen-bond donors (Lipinski definition) is 0. The topological polar surface area (TPSA) is 51.6 Å². The molecular weight excluding hydrogens is 609 g/mol. The van der Waals surface area contributed by atoms with Gasteiger partial charge in [-0.05, 0) is 34.4 Å². The molecule has 0 atom stereocenters. The Morgan fingerprint density at radius 1 is 0.280 bits per heavy atom. The van der Waals surface area contributed by atoms with Gasteiger partial charge in [-0.1, -0.05) is 170 Å². The second kappa shape index (κ2) is 12.7. The highest BCUT2D eigenvalue weighted by molar-refractivity contribution is 6.17. The average Bonchev–Trinajstić information content (AvgIpc) is 3.21. The van der Waals surface area contributed by atoms with Gasteiger partial charge in [-0.3, -0.25) is 0 Å². The van der Waals surface area contributed by atoms with E-state index in [1.807, 2.05) is 42.5 Å². The Labute approximate surface area is 290 Å². The molecule has 0 N–H and O–H groups in total. The maximum atomic E-state index is 5.13. The third-order valence-electron chi connectivity index (χ3n) is 9.12. The predicted octanol–water partition coefficient (Wildman–Crippen LogP) is 11.6. The summed E-state index contributed by atoms with van der Waals surface area (Å²) >= 11 is 0. The van der Waals surface area contributed by atoms with Crippen LogP contribution in [0.15, 0.2) is 182 Å². The predicted molar refractivity (Wildman–Crippen MR) is 205 cm³/mol. The second-order valence-corrected chi connectivity index (χ2v) is 12.3. The Kier molecular flexibility index (Phi) is 7.45. The third-order valence-corrected chi connectivity index (χ3v) is 9.12. The molecule has 234 valence electrons. The summed E-state index contributed by atoms with van der Waals surface area (Å²) in [5.41, 5.74) is 10.4. The molecule has 0 aliphatic rings. The largest absolute Gasteiger partial charge is 0.247 e. The van der Waals surface area contributed by atoms with Gasteiger partial charge < -0.3 is 0 Å². The second-order valence-electron chi connectivity index (χ2n) is 12.3. The highest BCUT2D eigenvalue weighted by atomic mass is 15.0. The summed E-state index contributed by atoms with van der Waals surface area (Å²) in [4.78, 5) is 20.1. The molecule has 0 aliphatic carbocycles. The first-order chi connectivity index (χ1) is 24.8. The monoisotopic (exact) mass is 638 g/mol. The van der Waals surface area contributed by atoms with Crippen molar-refractivity contribution in [1.82, 2.24) is 19.9 Å². The van der Waals surface area contributed by atoms with Crippen LogP contribution in [-0.2, 0) is 0 Å². The molecule has 0 radical (unpaired) electrons. The van der Waals surface area contributed by atoms with Crippen LogP contribution < -0.4 is 0 Å². The lowest BCUT2D eigenvalue weighted by atomic mass is 9.92. The van der Waals surface area contributed by atoms with Gasteiger partial charge in [-0.15, -0.1) is 0 Å². The van der Waals surface area contributed by atoms with E-state index in [2.05, 4.69) is 140 Å². The fourth-order valence-electron chi connectivity index (χ4n) is 6.68. The summed E-state index contributed by atoms with van der Waals surface area (Å²) in [6.45, 7) is 0. The molecule has 0 bridgehead atoms. The third kappa shape index (κ3) is 5.49. The van der Waals surface area contributed by atoms with E-state index in [-0.39, 0.29) is 0 Å². The van der Waals surface area contributed by atoms with Crippen molar-refractivity contribution in [3.8, 4) is 67.7 Å². The molecule has 0 unspecified atom stereocenters. The van der Waals surface area contributed by atoms with E-state index >= 15 is 0 Å². The fourth-order valence-corrected chi connectivity index (χ4v) is 6.68. The molecule has 2 aromatic heterocycles. The van der Waals surface area contributed by atoms with Crippen LogP contribution in [0.2, 0.25) is 0 Å². The van der Waals surface area contributed by atoms with Gasteiger partial charge in [0.25, 0.3) is 0 Å². The molecule has 9 rings (SSSR count). The quantitative estimate of drug-likeness (QED) is 0.170. The zero-order valence-corrected chi connectivity index (χ0v) is 27.1. The molecule has 0 saturated heterocycles. The van der Waals surface area contributed by atoms with Crippen molar-refractivity contribution in [1.29, 1.82) is 0 Å². The Morgan fingerprint density at radius 2 is 0.760 bits per heavy atom. The maximum absolute atomic E-state index is 5.13. The molecule has 0 amide bonds. The minimum absolute atomic E-state index is 0.629. The van der Waals surface area contributed by atoms with Crippen LogP contribution in [-0.4, -0.2) is 19.9 Å². The SMILES string of the molecule is c1ccc(-c2cccc(-c3nc(-c4ccccc4)nc(-c4ccc(-c5cccc6c(-c7ccccc7)nc7ccccc7c56)cc4)n3)c2)cc1. The van der Waals surface area contributed by atoms with Gasteiger partial charge in [0, 0.05) is 38.4 Å². The average molecular weight is 639 g/mol. The normalized spacial score (nSPS) is 11.2. The number of fused-ring (bicyclic) bond motifs is 3. The first-order valence-corrected chi connectivity index (χ1v) is 16.7.